The number of ketones is 1. The van der Waals surface area contributed by atoms with Gasteiger partial charge in [-0.15, -0.1) is 0 Å². The second-order valence-corrected chi connectivity index (χ2v) is 10.4. The van der Waals surface area contributed by atoms with Crippen molar-refractivity contribution in [2.75, 3.05) is 26.6 Å². The molecular formula is C29H31F3N2O5. The summed E-state index contributed by atoms with van der Waals surface area (Å²) in [5.41, 5.74) is 1.18. The highest BCUT2D eigenvalue weighted by molar-refractivity contribution is 6.10. The number of benzene rings is 2. The number of carbonyl (C=O) groups excluding carboxylic acids is 2. The van der Waals surface area contributed by atoms with Crippen molar-refractivity contribution < 1.29 is 37.0 Å². The van der Waals surface area contributed by atoms with Crippen molar-refractivity contribution in [3.63, 3.8) is 0 Å². The first-order valence-electron chi connectivity index (χ1n) is 12.3. The Labute approximate surface area is 225 Å². The number of anilines is 1. The maximum absolute atomic E-state index is 13.8. The smallest absolute Gasteiger partial charge is 0.416 e. The molecule has 208 valence electrons. The van der Waals surface area contributed by atoms with E-state index in [0.717, 1.165) is 12.1 Å². The molecule has 0 saturated carbocycles. The van der Waals surface area contributed by atoms with E-state index in [9.17, 15) is 22.8 Å². The zero-order valence-electron chi connectivity index (χ0n) is 22.6. The Hall–Kier alpha value is -3.95. The Morgan fingerprint density at radius 2 is 1.67 bits per heavy atom. The highest BCUT2D eigenvalue weighted by Gasteiger charge is 2.43. The molecule has 1 atom stereocenters. The summed E-state index contributed by atoms with van der Waals surface area (Å²) >= 11 is 0. The largest absolute Gasteiger partial charge is 0.493 e. The molecule has 1 amide bonds. The van der Waals surface area contributed by atoms with Crippen LogP contribution in [0.1, 0.15) is 50.7 Å². The molecule has 2 aromatic carbocycles. The molecule has 2 aliphatic rings. The SMILES string of the molecule is COc1cc([C@@H]2C(C(=O)Nc3cccc(C(F)(F)F)c3)=C(C)NC3=C2C(=O)CC(C)(C)C3)cc(OC)c1OC. The average Bonchev–Trinajstić information content (AvgIpc) is 2.85. The zero-order chi connectivity index (χ0) is 28.7. The van der Waals surface area contributed by atoms with E-state index in [1.165, 1.54) is 33.5 Å². The third kappa shape index (κ3) is 5.46. The van der Waals surface area contributed by atoms with Crippen molar-refractivity contribution in [2.24, 2.45) is 5.41 Å². The lowest BCUT2D eigenvalue weighted by atomic mass is 9.68. The number of amides is 1. The van der Waals surface area contributed by atoms with Crippen molar-refractivity contribution in [1.29, 1.82) is 0 Å². The topological polar surface area (TPSA) is 85.9 Å². The van der Waals surface area contributed by atoms with E-state index >= 15 is 0 Å². The first-order chi connectivity index (χ1) is 18.3. The van der Waals surface area contributed by atoms with Crippen molar-refractivity contribution in [3.8, 4) is 17.2 Å². The van der Waals surface area contributed by atoms with Crippen LogP contribution < -0.4 is 24.8 Å². The molecule has 4 rings (SSSR count). The number of dihydropyridines is 1. The highest BCUT2D eigenvalue weighted by Crippen LogP contribution is 2.49. The second kappa shape index (κ2) is 10.3. The maximum Gasteiger partial charge on any atom is 0.416 e. The number of alkyl halides is 3. The molecule has 1 aliphatic heterocycles. The number of rotatable bonds is 6. The van der Waals surface area contributed by atoms with Crippen molar-refractivity contribution >= 4 is 17.4 Å². The summed E-state index contributed by atoms with van der Waals surface area (Å²) in [5, 5.41) is 5.85. The van der Waals surface area contributed by atoms with Crippen molar-refractivity contribution in [3.05, 3.63) is 70.1 Å². The number of allylic oxidation sites excluding steroid dienone is 3. The lowest BCUT2D eigenvalue weighted by Gasteiger charge is -2.39. The molecule has 0 bridgehead atoms. The van der Waals surface area contributed by atoms with E-state index in [2.05, 4.69) is 10.6 Å². The summed E-state index contributed by atoms with van der Waals surface area (Å²) in [6.45, 7) is 5.71. The van der Waals surface area contributed by atoms with Gasteiger partial charge in [0.25, 0.3) is 5.91 Å². The molecule has 0 fully saturated rings. The van der Waals surface area contributed by atoms with Gasteiger partial charge in [-0.05, 0) is 54.7 Å². The molecule has 2 aromatic rings. The quantitative estimate of drug-likeness (QED) is 0.466. The lowest BCUT2D eigenvalue weighted by Crippen LogP contribution is -2.39. The Morgan fingerprint density at radius 1 is 1.03 bits per heavy atom. The summed E-state index contributed by atoms with van der Waals surface area (Å²) in [7, 11) is 4.39. The van der Waals surface area contributed by atoms with Crippen LogP contribution in [0.3, 0.4) is 0 Å². The number of methoxy groups -OCH3 is 3. The summed E-state index contributed by atoms with van der Waals surface area (Å²) < 4.78 is 56.4. The van der Waals surface area contributed by atoms with Gasteiger partial charge < -0.3 is 24.8 Å². The van der Waals surface area contributed by atoms with E-state index in [0.29, 0.717) is 46.2 Å². The molecule has 39 heavy (non-hydrogen) atoms. The Kier molecular flexibility index (Phi) is 7.42. The number of nitrogens with one attached hydrogen (secondary N) is 2. The molecule has 7 nitrogen and oxygen atoms in total. The number of hydrogen-bond acceptors (Lipinski definition) is 6. The van der Waals surface area contributed by atoms with Gasteiger partial charge >= 0.3 is 6.18 Å². The van der Waals surface area contributed by atoms with E-state index in [1.807, 2.05) is 13.8 Å². The third-order valence-electron chi connectivity index (χ3n) is 6.95. The van der Waals surface area contributed by atoms with Gasteiger partial charge in [-0.2, -0.15) is 13.2 Å². The molecule has 0 saturated heterocycles. The van der Waals surface area contributed by atoms with Crippen molar-refractivity contribution in [1.82, 2.24) is 5.32 Å². The molecule has 2 N–H and O–H groups in total. The van der Waals surface area contributed by atoms with Crippen LogP contribution >= 0.6 is 0 Å². The van der Waals surface area contributed by atoms with Gasteiger partial charge in [0, 0.05) is 40.6 Å². The first kappa shape index (κ1) is 28.1. The summed E-state index contributed by atoms with van der Waals surface area (Å²) in [6, 6.07) is 7.77. The van der Waals surface area contributed by atoms with Crippen LogP contribution in [0.15, 0.2) is 58.9 Å². The van der Waals surface area contributed by atoms with Gasteiger partial charge in [0.15, 0.2) is 17.3 Å². The third-order valence-corrected chi connectivity index (χ3v) is 6.95. The minimum Gasteiger partial charge on any atom is -0.493 e. The van der Waals surface area contributed by atoms with Crippen LogP contribution in [0.2, 0.25) is 0 Å². The van der Waals surface area contributed by atoms with E-state index in [-0.39, 0.29) is 28.9 Å². The molecule has 0 unspecified atom stereocenters. The van der Waals surface area contributed by atoms with Crippen molar-refractivity contribution in [2.45, 2.75) is 45.7 Å². The number of Topliss-reactive ketones (excluding diaryl/α,β-unsaturated/α-hetero) is 1. The van der Waals surface area contributed by atoms with Crippen LogP contribution in [0.5, 0.6) is 17.2 Å². The van der Waals surface area contributed by atoms with Gasteiger partial charge in [0.2, 0.25) is 5.75 Å². The number of carbonyl (C=O) groups is 2. The van der Waals surface area contributed by atoms with Crippen LogP contribution in [-0.4, -0.2) is 33.0 Å². The maximum atomic E-state index is 13.8. The minimum absolute atomic E-state index is 0.0188. The fourth-order valence-corrected chi connectivity index (χ4v) is 5.31. The molecular weight excluding hydrogens is 513 g/mol. The van der Waals surface area contributed by atoms with E-state index in [4.69, 9.17) is 14.2 Å². The monoisotopic (exact) mass is 544 g/mol. The zero-order valence-corrected chi connectivity index (χ0v) is 22.6. The highest BCUT2D eigenvalue weighted by atomic mass is 19.4. The average molecular weight is 545 g/mol. The van der Waals surface area contributed by atoms with Crippen LogP contribution in [0, 0.1) is 5.41 Å². The molecule has 1 heterocycles. The normalized spacial score (nSPS) is 18.8. The number of halogens is 3. The predicted octanol–water partition coefficient (Wildman–Crippen LogP) is 5.97. The molecule has 0 aromatic heterocycles. The Bertz CT molecular complexity index is 1370. The predicted molar refractivity (Wildman–Crippen MR) is 140 cm³/mol. The molecule has 1 aliphatic carbocycles. The molecule has 10 heteroatoms. The Morgan fingerprint density at radius 3 is 2.23 bits per heavy atom. The summed E-state index contributed by atoms with van der Waals surface area (Å²) in [6.07, 6.45) is -3.72. The second-order valence-electron chi connectivity index (χ2n) is 10.4. The van der Waals surface area contributed by atoms with E-state index in [1.54, 1.807) is 19.1 Å². The van der Waals surface area contributed by atoms with Crippen LogP contribution in [0.4, 0.5) is 18.9 Å². The van der Waals surface area contributed by atoms with Gasteiger partial charge in [-0.25, -0.2) is 0 Å². The van der Waals surface area contributed by atoms with Crippen LogP contribution in [0.25, 0.3) is 0 Å². The van der Waals surface area contributed by atoms with Crippen LogP contribution in [-0.2, 0) is 15.8 Å². The lowest BCUT2D eigenvalue weighted by molar-refractivity contribution is -0.137. The van der Waals surface area contributed by atoms with Gasteiger partial charge in [-0.1, -0.05) is 19.9 Å². The Balaban J connectivity index is 1.87. The standard InChI is InChI=1S/C29H31F3N2O5/c1-15-23(27(36)34-18-9-7-8-17(12-18)29(30,31)32)24(25-19(33-15)13-28(2,3)14-20(25)35)16-10-21(37-4)26(39-6)22(11-16)38-5/h7-12,24,33H,13-14H2,1-6H3,(H,34,36)/t24-/m1/s1. The van der Waals surface area contributed by atoms with Gasteiger partial charge in [-0.3, -0.25) is 9.59 Å². The fraction of sp³-hybridized carbons (Fsp3) is 0.379. The molecule has 0 radical (unpaired) electrons. The molecule has 0 spiro atoms. The minimum atomic E-state index is -4.57. The summed E-state index contributed by atoms with van der Waals surface area (Å²) in [5.74, 6) is -0.563. The number of hydrogen-bond donors (Lipinski definition) is 2. The summed E-state index contributed by atoms with van der Waals surface area (Å²) in [4.78, 5) is 27.3. The fourth-order valence-electron chi connectivity index (χ4n) is 5.31. The number of ether oxygens (including phenoxy) is 3. The van der Waals surface area contributed by atoms with E-state index < -0.39 is 23.6 Å². The first-order valence-corrected chi connectivity index (χ1v) is 12.3. The van der Waals surface area contributed by atoms with Gasteiger partial charge in [0.05, 0.1) is 26.9 Å². The van der Waals surface area contributed by atoms with Gasteiger partial charge in [0.1, 0.15) is 0 Å².